The van der Waals surface area contributed by atoms with Gasteiger partial charge in [-0.15, -0.1) is 0 Å². The van der Waals surface area contributed by atoms with Gasteiger partial charge in [0.25, 0.3) is 0 Å². The van der Waals surface area contributed by atoms with Gasteiger partial charge in [0, 0.05) is 13.5 Å². The first-order chi connectivity index (χ1) is 3.91. The first-order valence-electron chi connectivity index (χ1n) is 2.73. The maximum absolute atomic E-state index is 7.95. The van der Waals surface area contributed by atoms with Crippen molar-refractivity contribution in [3.8, 4) is 6.07 Å². The van der Waals surface area contributed by atoms with Gasteiger partial charge in [-0.05, 0) is 6.42 Å². The third-order valence-corrected chi connectivity index (χ3v) is 0.642. The fourth-order valence-corrected chi connectivity index (χ4v) is 0.256. The van der Waals surface area contributed by atoms with Gasteiger partial charge in [-0.3, -0.25) is 0 Å². The lowest BCUT2D eigenvalue weighted by Gasteiger charge is -1.77. The number of rotatable bonds is 2. The second-order valence-electron chi connectivity index (χ2n) is 1.26. The van der Waals surface area contributed by atoms with Crippen LogP contribution in [0.25, 0.3) is 0 Å². The summed E-state index contributed by atoms with van der Waals surface area (Å²) in [5.41, 5.74) is 0. The number of aliphatic hydroxyl groups excluding tert-OH is 1. The van der Waals surface area contributed by atoms with Crippen molar-refractivity contribution in [1.29, 1.82) is 5.26 Å². The zero-order valence-corrected chi connectivity index (χ0v) is 5.52. The summed E-state index contributed by atoms with van der Waals surface area (Å²) in [6.45, 7) is 2.08. The molecule has 2 nitrogen and oxygen atoms in total. The summed E-state index contributed by atoms with van der Waals surface area (Å²) in [7, 11) is 1.00. The molecule has 0 bridgehead atoms. The molecule has 0 amide bonds. The summed E-state index contributed by atoms with van der Waals surface area (Å²) in [4.78, 5) is 0. The molecule has 0 unspecified atom stereocenters. The van der Waals surface area contributed by atoms with E-state index < -0.39 is 0 Å². The number of aliphatic hydroxyl groups is 1. The predicted octanol–water partition coefficient (Wildman–Crippen LogP) is 1.31. The van der Waals surface area contributed by atoms with Crippen LogP contribution < -0.4 is 0 Å². The van der Waals surface area contributed by atoms with Crippen LogP contribution in [0.1, 0.15) is 26.2 Å². The summed E-state index contributed by atoms with van der Waals surface area (Å²) in [6.07, 6.45) is 2.90. The van der Waals surface area contributed by atoms with Crippen molar-refractivity contribution < 1.29 is 5.11 Å². The van der Waals surface area contributed by atoms with Gasteiger partial charge < -0.3 is 5.11 Å². The highest BCUT2D eigenvalue weighted by atomic mass is 16.2. The van der Waals surface area contributed by atoms with E-state index >= 15 is 0 Å². The molecule has 0 rings (SSSR count). The minimum atomic E-state index is 0.719. The first-order valence-corrected chi connectivity index (χ1v) is 2.73. The molecule has 8 heavy (non-hydrogen) atoms. The molecule has 0 aromatic rings. The van der Waals surface area contributed by atoms with E-state index in [1.165, 1.54) is 0 Å². The van der Waals surface area contributed by atoms with Crippen LogP contribution in [0.3, 0.4) is 0 Å². The van der Waals surface area contributed by atoms with Crippen LogP contribution in [0.4, 0.5) is 0 Å². The Morgan fingerprint density at radius 1 is 1.50 bits per heavy atom. The van der Waals surface area contributed by atoms with Gasteiger partial charge in [-0.2, -0.15) is 5.26 Å². The van der Waals surface area contributed by atoms with Crippen LogP contribution in [0.15, 0.2) is 0 Å². The Balaban J connectivity index is 0. The Morgan fingerprint density at radius 2 is 2.00 bits per heavy atom. The molecule has 0 aliphatic heterocycles. The Hall–Kier alpha value is -0.550. The molecular weight excluding hydrogens is 102 g/mol. The minimum absolute atomic E-state index is 0.719. The van der Waals surface area contributed by atoms with E-state index in [4.69, 9.17) is 10.4 Å². The SMILES string of the molecule is CCCCC#N.CO. The monoisotopic (exact) mass is 115 g/mol. The molecule has 0 aromatic carbocycles. The van der Waals surface area contributed by atoms with Gasteiger partial charge in [0.15, 0.2) is 0 Å². The third kappa shape index (κ3) is 18.0. The molecule has 1 N–H and O–H groups in total. The van der Waals surface area contributed by atoms with Crippen LogP contribution in [-0.2, 0) is 0 Å². The van der Waals surface area contributed by atoms with E-state index in [0.29, 0.717) is 0 Å². The zero-order valence-electron chi connectivity index (χ0n) is 5.52. The van der Waals surface area contributed by atoms with E-state index in [9.17, 15) is 0 Å². The minimum Gasteiger partial charge on any atom is -0.400 e. The van der Waals surface area contributed by atoms with Crippen molar-refractivity contribution in [2.75, 3.05) is 7.11 Å². The van der Waals surface area contributed by atoms with E-state index in [-0.39, 0.29) is 0 Å². The predicted molar refractivity (Wildman–Crippen MR) is 33.3 cm³/mol. The second-order valence-corrected chi connectivity index (χ2v) is 1.26. The van der Waals surface area contributed by atoms with Gasteiger partial charge in [-0.1, -0.05) is 13.3 Å². The molecule has 0 saturated carbocycles. The summed E-state index contributed by atoms with van der Waals surface area (Å²) >= 11 is 0. The van der Waals surface area contributed by atoms with E-state index in [1.54, 1.807) is 0 Å². The fraction of sp³-hybridized carbons (Fsp3) is 0.833. The third-order valence-electron chi connectivity index (χ3n) is 0.642. The van der Waals surface area contributed by atoms with Gasteiger partial charge in [0.1, 0.15) is 0 Å². The van der Waals surface area contributed by atoms with Crippen LogP contribution >= 0.6 is 0 Å². The summed E-state index contributed by atoms with van der Waals surface area (Å²) in [6, 6.07) is 2.07. The van der Waals surface area contributed by atoms with Crippen molar-refractivity contribution in [3.63, 3.8) is 0 Å². The van der Waals surface area contributed by atoms with Crippen molar-refractivity contribution in [2.45, 2.75) is 26.2 Å². The van der Waals surface area contributed by atoms with Gasteiger partial charge in [0.05, 0.1) is 6.07 Å². The topological polar surface area (TPSA) is 44.0 Å². The normalized spacial score (nSPS) is 6.25. The lowest BCUT2D eigenvalue weighted by Crippen LogP contribution is -1.62. The molecule has 0 heterocycles. The van der Waals surface area contributed by atoms with Crippen LogP contribution in [-0.4, -0.2) is 12.2 Å². The Bertz CT molecular complexity index is 56.0. The van der Waals surface area contributed by atoms with Crippen LogP contribution in [0.2, 0.25) is 0 Å². The maximum atomic E-state index is 7.95. The Labute approximate surface area is 50.8 Å². The Kier molecular flexibility index (Phi) is 21.0. The highest BCUT2D eigenvalue weighted by Crippen LogP contribution is 1.88. The van der Waals surface area contributed by atoms with E-state index in [2.05, 4.69) is 13.0 Å². The van der Waals surface area contributed by atoms with Crippen molar-refractivity contribution in [1.82, 2.24) is 0 Å². The quantitative estimate of drug-likeness (QED) is 0.551. The van der Waals surface area contributed by atoms with Gasteiger partial charge in [-0.25, -0.2) is 0 Å². The smallest absolute Gasteiger partial charge is 0.0621 e. The average molecular weight is 115 g/mol. The molecular formula is C6H13NO. The number of hydrogen-bond donors (Lipinski definition) is 1. The Morgan fingerprint density at radius 3 is 2.12 bits per heavy atom. The van der Waals surface area contributed by atoms with Crippen molar-refractivity contribution >= 4 is 0 Å². The molecule has 0 spiro atoms. The van der Waals surface area contributed by atoms with Crippen LogP contribution in [0.5, 0.6) is 0 Å². The number of unbranched alkanes of at least 4 members (excludes halogenated alkanes) is 2. The summed E-state index contributed by atoms with van der Waals surface area (Å²) in [5, 5.41) is 14.9. The lowest BCUT2D eigenvalue weighted by molar-refractivity contribution is 0.399. The lowest BCUT2D eigenvalue weighted by atomic mass is 10.3. The van der Waals surface area contributed by atoms with Gasteiger partial charge in [0.2, 0.25) is 0 Å². The second kappa shape index (κ2) is 16.1. The number of nitrogens with zero attached hydrogens (tertiary/aromatic N) is 1. The largest absolute Gasteiger partial charge is 0.400 e. The molecule has 48 valence electrons. The molecule has 0 atom stereocenters. The standard InChI is InChI=1S/C5H9N.CH4O/c1-2-3-4-5-6;1-2/h2-4H2,1H3;2H,1H3. The highest BCUT2D eigenvalue weighted by Gasteiger charge is 1.74. The molecule has 0 fully saturated rings. The molecule has 0 aromatic heterocycles. The van der Waals surface area contributed by atoms with Crippen LogP contribution in [0, 0.1) is 11.3 Å². The zero-order chi connectivity index (χ0) is 6.83. The van der Waals surface area contributed by atoms with E-state index in [0.717, 1.165) is 26.4 Å². The molecule has 0 saturated heterocycles. The van der Waals surface area contributed by atoms with Crippen molar-refractivity contribution in [3.05, 3.63) is 0 Å². The number of hydrogen-bond acceptors (Lipinski definition) is 2. The molecule has 0 aliphatic rings. The molecule has 0 radical (unpaired) electrons. The molecule has 0 aliphatic carbocycles. The first kappa shape index (κ1) is 10.4. The molecule has 2 heteroatoms. The van der Waals surface area contributed by atoms with E-state index in [1.807, 2.05) is 0 Å². The van der Waals surface area contributed by atoms with Gasteiger partial charge >= 0.3 is 0 Å². The fourth-order valence-electron chi connectivity index (χ4n) is 0.256. The van der Waals surface area contributed by atoms with Crippen molar-refractivity contribution in [2.24, 2.45) is 0 Å². The summed E-state index contributed by atoms with van der Waals surface area (Å²) < 4.78 is 0. The highest BCUT2D eigenvalue weighted by molar-refractivity contribution is 4.66. The summed E-state index contributed by atoms with van der Waals surface area (Å²) in [5.74, 6) is 0. The number of nitriles is 1. The maximum Gasteiger partial charge on any atom is 0.0621 e. The average Bonchev–Trinajstić information content (AvgIpc) is 1.88.